The number of benzene rings is 2. The van der Waals surface area contributed by atoms with Gasteiger partial charge in [-0.25, -0.2) is 0 Å². The molecule has 4 rings (SSSR count). The molecule has 2 aliphatic heterocycles. The first-order valence-corrected chi connectivity index (χ1v) is 11.4. The van der Waals surface area contributed by atoms with Crippen molar-refractivity contribution in [1.82, 2.24) is 4.90 Å². The third-order valence-electron chi connectivity index (χ3n) is 5.99. The van der Waals surface area contributed by atoms with Crippen molar-refractivity contribution in [3.8, 4) is 5.75 Å². The topological polar surface area (TPSA) is 88.4 Å². The number of nitro benzene ring substituents is 1. The maximum atomic E-state index is 13.0. The normalized spacial score (nSPS) is 16.6. The molecule has 33 heavy (non-hydrogen) atoms. The molecule has 2 saturated heterocycles. The zero-order chi connectivity index (χ0) is 23.2. The molecule has 176 valence electrons. The Balaban J connectivity index is 1.43. The molecule has 2 heterocycles. The molecule has 2 aromatic carbocycles. The van der Waals surface area contributed by atoms with Crippen molar-refractivity contribution >= 4 is 23.0 Å². The molecule has 0 atom stereocenters. The van der Waals surface area contributed by atoms with E-state index >= 15 is 0 Å². The number of carbonyl (C=O) groups excluding carboxylic acids is 1. The Morgan fingerprint density at radius 2 is 1.79 bits per heavy atom. The molecule has 2 aromatic rings. The lowest BCUT2D eigenvalue weighted by Gasteiger charge is -2.37. The van der Waals surface area contributed by atoms with Crippen molar-refractivity contribution in [3.05, 3.63) is 58.1 Å². The number of amides is 1. The summed E-state index contributed by atoms with van der Waals surface area (Å²) >= 11 is 0. The molecular weight excluding hydrogens is 424 g/mol. The van der Waals surface area contributed by atoms with E-state index in [1.54, 1.807) is 18.2 Å². The second-order valence-electron chi connectivity index (χ2n) is 8.19. The van der Waals surface area contributed by atoms with Gasteiger partial charge in [0, 0.05) is 56.6 Å². The Morgan fingerprint density at radius 3 is 2.48 bits per heavy atom. The molecule has 0 aliphatic carbocycles. The summed E-state index contributed by atoms with van der Waals surface area (Å²) in [5.74, 6) is 0.706. The predicted molar refractivity (Wildman–Crippen MR) is 126 cm³/mol. The van der Waals surface area contributed by atoms with Gasteiger partial charge in [-0.05, 0) is 36.8 Å². The number of hydrogen-bond acceptors (Lipinski definition) is 7. The van der Waals surface area contributed by atoms with Gasteiger partial charge in [0.1, 0.15) is 11.4 Å². The number of nitro groups is 1. The molecule has 1 amide bonds. The van der Waals surface area contributed by atoms with Gasteiger partial charge in [0.05, 0.1) is 24.7 Å². The van der Waals surface area contributed by atoms with Gasteiger partial charge in [0.2, 0.25) is 0 Å². The van der Waals surface area contributed by atoms with Crippen LogP contribution >= 0.6 is 0 Å². The molecule has 0 spiro atoms. The lowest BCUT2D eigenvalue weighted by molar-refractivity contribution is -0.384. The minimum absolute atomic E-state index is 0.00527. The van der Waals surface area contributed by atoms with E-state index in [9.17, 15) is 14.9 Å². The molecule has 0 saturated carbocycles. The van der Waals surface area contributed by atoms with Crippen LogP contribution in [0.1, 0.15) is 23.7 Å². The van der Waals surface area contributed by atoms with Crippen molar-refractivity contribution in [3.63, 3.8) is 0 Å². The van der Waals surface area contributed by atoms with Crippen LogP contribution in [0.3, 0.4) is 0 Å². The van der Waals surface area contributed by atoms with E-state index in [0.29, 0.717) is 76.1 Å². The van der Waals surface area contributed by atoms with Crippen LogP contribution in [-0.2, 0) is 4.74 Å². The number of hydrogen-bond donors (Lipinski definition) is 0. The Bertz CT molecular complexity index is 985. The SMILES string of the molecule is CCCOc1cccc(C(=O)N2CCN(c3ccc([N+](=O)[O-])c(N4CCOCC4)c3)CC2)c1. The lowest BCUT2D eigenvalue weighted by atomic mass is 10.1. The number of nitrogens with zero attached hydrogens (tertiary/aromatic N) is 4. The zero-order valence-electron chi connectivity index (χ0n) is 18.9. The van der Waals surface area contributed by atoms with Gasteiger partial charge in [0.15, 0.2) is 0 Å². The van der Waals surface area contributed by atoms with E-state index in [4.69, 9.17) is 9.47 Å². The molecule has 2 fully saturated rings. The minimum Gasteiger partial charge on any atom is -0.494 e. The number of rotatable bonds is 7. The first kappa shape index (κ1) is 22.8. The van der Waals surface area contributed by atoms with Gasteiger partial charge in [-0.3, -0.25) is 14.9 Å². The van der Waals surface area contributed by atoms with Gasteiger partial charge in [0.25, 0.3) is 11.6 Å². The molecular formula is C24H30N4O5. The highest BCUT2D eigenvalue weighted by Gasteiger charge is 2.26. The fraction of sp³-hybridized carbons (Fsp3) is 0.458. The highest BCUT2D eigenvalue weighted by atomic mass is 16.6. The highest BCUT2D eigenvalue weighted by molar-refractivity contribution is 5.94. The van der Waals surface area contributed by atoms with Gasteiger partial charge >= 0.3 is 0 Å². The average Bonchev–Trinajstić information content (AvgIpc) is 2.87. The van der Waals surface area contributed by atoms with Crippen molar-refractivity contribution in [2.75, 3.05) is 68.9 Å². The lowest BCUT2D eigenvalue weighted by Crippen LogP contribution is -2.48. The minimum atomic E-state index is -0.330. The van der Waals surface area contributed by atoms with Gasteiger partial charge < -0.3 is 24.2 Å². The monoisotopic (exact) mass is 454 g/mol. The summed E-state index contributed by atoms with van der Waals surface area (Å²) in [5.41, 5.74) is 2.30. The van der Waals surface area contributed by atoms with Crippen molar-refractivity contribution in [1.29, 1.82) is 0 Å². The summed E-state index contributed by atoms with van der Waals surface area (Å²) in [5, 5.41) is 11.6. The van der Waals surface area contributed by atoms with E-state index < -0.39 is 0 Å². The third-order valence-corrected chi connectivity index (χ3v) is 5.99. The van der Waals surface area contributed by atoms with Crippen LogP contribution < -0.4 is 14.5 Å². The number of ether oxygens (including phenoxy) is 2. The molecule has 2 aliphatic rings. The first-order valence-electron chi connectivity index (χ1n) is 11.4. The highest BCUT2D eigenvalue weighted by Crippen LogP contribution is 2.33. The van der Waals surface area contributed by atoms with Crippen LogP contribution in [0.5, 0.6) is 5.75 Å². The van der Waals surface area contributed by atoms with E-state index in [2.05, 4.69) is 4.90 Å². The van der Waals surface area contributed by atoms with Gasteiger partial charge in [-0.1, -0.05) is 13.0 Å². The largest absolute Gasteiger partial charge is 0.494 e. The smallest absolute Gasteiger partial charge is 0.292 e. The standard InChI is InChI=1S/C24H30N4O5/c1-2-14-33-21-5-3-4-19(17-21)24(29)27-10-8-25(9-11-27)20-6-7-22(28(30)31)23(18-20)26-12-15-32-16-13-26/h3-7,17-18H,2,8-16H2,1H3. The van der Waals surface area contributed by atoms with Crippen LogP contribution in [0.25, 0.3) is 0 Å². The van der Waals surface area contributed by atoms with Crippen LogP contribution in [0, 0.1) is 10.1 Å². The molecule has 0 radical (unpaired) electrons. The van der Waals surface area contributed by atoms with Crippen molar-refractivity contribution in [2.24, 2.45) is 0 Å². The molecule has 9 nitrogen and oxygen atoms in total. The molecule has 0 aromatic heterocycles. The molecule has 0 bridgehead atoms. The number of morpholine rings is 1. The Hall–Kier alpha value is -3.33. The van der Waals surface area contributed by atoms with Crippen molar-refractivity contribution < 1.29 is 19.2 Å². The van der Waals surface area contributed by atoms with Crippen LogP contribution in [0.4, 0.5) is 17.1 Å². The summed E-state index contributed by atoms with van der Waals surface area (Å²) in [7, 11) is 0. The predicted octanol–water partition coefficient (Wildman–Crippen LogP) is 3.18. The summed E-state index contributed by atoms with van der Waals surface area (Å²) in [6.07, 6.45) is 0.913. The quantitative estimate of drug-likeness (QED) is 0.469. The maximum absolute atomic E-state index is 13.0. The van der Waals surface area contributed by atoms with E-state index in [1.165, 1.54) is 0 Å². The number of piperazine rings is 1. The van der Waals surface area contributed by atoms with Crippen LogP contribution in [-0.4, -0.2) is 74.8 Å². The fourth-order valence-corrected chi connectivity index (χ4v) is 4.21. The second-order valence-corrected chi connectivity index (χ2v) is 8.19. The van der Waals surface area contributed by atoms with Crippen molar-refractivity contribution in [2.45, 2.75) is 13.3 Å². The number of anilines is 2. The van der Waals surface area contributed by atoms with Gasteiger partial charge in [-0.15, -0.1) is 0 Å². The number of carbonyl (C=O) groups is 1. The van der Waals surface area contributed by atoms with Gasteiger partial charge in [-0.2, -0.15) is 0 Å². The molecule has 0 N–H and O–H groups in total. The second kappa shape index (κ2) is 10.5. The average molecular weight is 455 g/mol. The Morgan fingerprint density at radius 1 is 1.03 bits per heavy atom. The van der Waals surface area contributed by atoms with E-state index in [1.807, 2.05) is 41.0 Å². The first-order chi connectivity index (χ1) is 16.1. The van der Waals surface area contributed by atoms with Crippen LogP contribution in [0.2, 0.25) is 0 Å². The van der Waals surface area contributed by atoms with Crippen LogP contribution in [0.15, 0.2) is 42.5 Å². The molecule has 9 heteroatoms. The Labute approximate surface area is 193 Å². The third kappa shape index (κ3) is 5.36. The zero-order valence-corrected chi connectivity index (χ0v) is 18.9. The van der Waals surface area contributed by atoms with E-state index in [-0.39, 0.29) is 16.5 Å². The summed E-state index contributed by atoms with van der Waals surface area (Å²) < 4.78 is 11.1. The maximum Gasteiger partial charge on any atom is 0.292 e. The fourth-order valence-electron chi connectivity index (χ4n) is 4.21. The molecule has 0 unspecified atom stereocenters. The summed E-state index contributed by atoms with van der Waals surface area (Å²) in [6.45, 7) is 7.56. The summed E-state index contributed by atoms with van der Waals surface area (Å²) in [6, 6.07) is 12.6. The summed E-state index contributed by atoms with van der Waals surface area (Å²) in [4.78, 5) is 30.3. The Kier molecular flexibility index (Phi) is 7.29. The van der Waals surface area contributed by atoms with E-state index in [0.717, 1.165) is 12.1 Å².